The van der Waals surface area contributed by atoms with Gasteiger partial charge >= 0.3 is 0 Å². The lowest BCUT2D eigenvalue weighted by molar-refractivity contribution is -0.140. The number of aromatic nitrogens is 2. The Hall–Kier alpha value is -3.94. The maximum atomic E-state index is 13.6. The summed E-state index contributed by atoms with van der Waals surface area (Å²) in [5.74, 6) is -4.44. The lowest BCUT2D eigenvalue weighted by atomic mass is 9.83. The van der Waals surface area contributed by atoms with Crippen LogP contribution in [0.2, 0.25) is 0 Å². The fourth-order valence-corrected chi connectivity index (χ4v) is 6.08. The fraction of sp³-hybridized carbons (Fsp3) is 0.706. The first-order valence-electron chi connectivity index (χ1n) is 17.0. The van der Waals surface area contributed by atoms with E-state index in [4.69, 9.17) is 0 Å². The Labute approximate surface area is 282 Å². The van der Waals surface area contributed by atoms with Gasteiger partial charge in [0.15, 0.2) is 0 Å². The molecule has 1 aromatic rings. The van der Waals surface area contributed by atoms with E-state index in [9.17, 15) is 33.9 Å². The summed E-state index contributed by atoms with van der Waals surface area (Å²) in [6, 6.07) is -2.86. The van der Waals surface area contributed by atoms with Crippen molar-refractivity contribution in [1.29, 1.82) is 0 Å². The van der Waals surface area contributed by atoms with E-state index in [0.29, 0.717) is 25.7 Å². The normalized spacial score (nSPS) is 22.6. The number of hydrogen-bond donors (Lipinski definition) is 6. The van der Waals surface area contributed by atoms with E-state index in [-0.39, 0.29) is 36.5 Å². The van der Waals surface area contributed by atoms with Gasteiger partial charge in [0.2, 0.25) is 23.5 Å². The van der Waals surface area contributed by atoms with Crippen molar-refractivity contribution < 1.29 is 33.9 Å². The van der Waals surface area contributed by atoms with Gasteiger partial charge in [0.1, 0.15) is 17.8 Å². The number of carbonyl (C=O) groups is 6. The molecule has 266 valence electrons. The first-order valence-corrected chi connectivity index (χ1v) is 17.0. The molecule has 0 bridgehead atoms. The highest BCUT2D eigenvalue weighted by Gasteiger charge is 2.45. The summed E-state index contributed by atoms with van der Waals surface area (Å²) < 4.78 is 0. The Kier molecular flexibility index (Phi) is 13.2. The lowest BCUT2D eigenvalue weighted by Gasteiger charge is -2.34. The number of nitrogens with one attached hydrogen (secondary N) is 5. The quantitative estimate of drug-likeness (QED) is 0.139. The summed E-state index contributed by atoms with van der Waals surface area (Å²) in [7, 11) is 0. The van der Waals surface area contributed by atoms with E-state index in [1.165, 1.54) is 18.6 Å². The molecule has 14 heteroatoms. The third kappa shape index (κ3) is 10.8. The summed E-state index contributed by atoms with van der Waals surface area (Å²) in [4.78, 5) is 85.9. The smallest absolute Gasteiger partial charge is 0.289 e. The molecule has 6 N–H and O–H groups in total. The Morgan fingerprint density at radius 2 is 1.69 bits per heavy atom. The molecule has 0 spiro atoms. The maximum absolute atomic E-state index is 13.6. The van der Waals surface area contributed by atoms with E-state index < -0.39 is 70.4 Å². The molecule has 1 unspecified atom stereocenters. The van der Waals surface area contributed by atoms with Crippen molar-refractivity contribution in [2.45, 2.75) is 123 Å². The molecule has 1 aromatic heterocycles. The van der Waals surface area contributed by atoms with Gasteiger partial charge in [-0.25, -0.2) is 4.98 Å². The van der Waals surface area contributed by atoms with Gasteiger partial charge < -0.3 is 31.7 Å². The Morgan fingerprint density at radius 1 is 1.00 bits per heavy atom. The van der Waals surface area contributed by atoms with Crippen LogP contribution in [0.5, 0.6) is 0 Å². The summed E-state index contributed by atoms with van der Waals surface area (Å²) in [6.07, 6.45) is 7.65. The highest BCUT2D eigenvalue weighted by molar-refractivity contribution is 6.38. The van der Waals surface area contributed by atoms with Crippen LogP contribution in [-0.2, 0) is 24.0 Å². The number of carbonyl (C=O) groups excluding carboxylic acids is 6. The molecule has 3 rings (SSSR count). The number of hydrogen-bond acceptors (Lipinski definition) is 9. The van der Waals surface area contributed by atoms with Crippen molar-refractivity contribution in [3.63, 3.8) is 0 Å². The molecule has 2 saturated carbocycles. The van der Waals surface area contributed by atoms with Gasteiger partial charge in [-0.15, -0.1) is 0 Å². The molecule has 14 nitrogen and oxygen atoms in total. The van der Waals surface area contributed by atoms with Crippen LogP contribution < -0.4 is 26.6 Å². The number of amides is 5. The average molecular weight is 672 g/mol. The summed E-state index contributed by atoms with van der Waals surface area (Å²) in [6.45, 7) is 12.5. The van der Waals surface area contributed by atoms with Gasteiger partial charge in [-0.05, 0) is 56.3 Å². The van der Waals surface area contributed by atoms with Gasteiger partial charge in [-0.3, -0.25) is 33.8 Å². The number of ketones is 1. The highest BCUT2D eigenvalue weighted by Crippen LogP contribution is 2.41. The van der Waals surface area contributed by atoms with E-state index in [0.717, 1.165) is 12.8 Å². The van der Waals surface area contributed by atoms with Crippen molar-refractivity contribution in [2.24, 2.45) is 23.2 Å². The molecule has 0 radical (unpaired) electrons. The standard InChI is InChI=1S/C34H53N7O7/c1-8-9-23(27(43)31(46)38-21-10-11-21)39-25(42)16-20-12-13-34(7,48)22(20)17-37-32(47)28(33(4,5)6)41-30(45)26(19(2)3)40-29(44)24-18-35-14-15-36-24/h14-15,18-23,26,28,48H,8-13,16-17H2,1-7H3,(H,37,47)(H,38,46)(H,39,42)(H,40,44)(H,41,45)/t20-,22+,23?,26-,28-,34-/m1/s1. The van der Waals surface area contributed by atoms with Crippen molar-refractivity contribution in [3.8, 4) is 0 Å². The number of aliphatic hydroxyl groups is 1. The van der Waals surface area contributed by atoms with Crippen LogP contribution in [0.15, 0.2) is 18.6 Å². The summed E-state index contributed by atoms with van der Waals surface area (Å²) in [5.41, 5.74) is -1.84. The third-order valence-electron chi connectivity index (χ3n) is 9.14. The molecule has 2 fully saturated rings. The first kappa shape index (κ1) is 38.5. The lowest BCUT2D eigenvalue weighted by Crippen LogP contribution is -2.59. The number of rotatable bonds is 16. The van der Waals surface area contributed by atoms with Crippen molar-refractivity contribution in [3.05, 3.63) is 24.3 Å². The fourth-order valence-electron chi connectivity index (χ4n) is 6.08. The number of nitrogens with zero attached hydrogens (tertiary/aromatic N) is 2. The predicted octanol–water partition coefficient (Wildman–Crippen LogP) is 1.18. The van der Waals surface area contributed by atoms with Gasteiger partial charge in [-0.2, -0.15) is 0 Å². The molecule has 0 aromatic carbocycles. The molecule has 0 saturated heterocycles. The molecule has 48 heavy (non-hydrogen) atoms. The third-order valence-corrected chi connectivity index (χ3v) is 9.14. The maximum Gasteiger partial charge on any atom is 0.289 e. The van der Waals surface area contributed by atoms with Crippen LogP contribution >= 0.6 is 0 Å². The number of Topliss-reactive ketones (excluding diaryl/α,β-unsaturated/α-hetero) is 1. The summed E-state index contributed by atoms with van der Waals surface area (Å²) >= 11 is 0. The molecular weight excluding hydrogens is 618 g/mol. The second kappa shape index (κ2) is 16.4. The predicted molar refractivity (Wildman–Crippen MR) is 177 cm³/mol. The Balaban J connectivity index is 1.64. The topological polar surface area (TPSA) is 209 Å². The molecule has 2 aliphatic rings. The van der Waals surface area contributed by atoms with Crippen molar-refractivity contribution in [2.75, 3.05) is 6.54 Å². The van der Waals surface area contributed by atoms with Gasteiger partial charge in [0, 0.05) is 37.3 Å². The minimum Gasteiger partial charge on any atom is -0.390 e. The van der Waals surface area contributed by atoms with E-state index in [1.54, 1.807) is 41.5 Å². The zero-order valence-corrected chi connectivity index (χ0v) is 29.2. The largest absolute Gasteiger partial charge is 0.390 e. The second-order valence-electron chi connectivity index (χ2n) is 14.8. The average Bonchev–Trinajstić information content (AvgIpc) is 3.78. The van der Waals surface area contributed by atoms with Crippen LogP contribution in [0.3, 0.4) is 0 Å². The molecule has 0 aliphatic heterocycles. The Bertz CT molecular complexity index is 1320. The van der Waals surface area contributed by atoms with Crippen LogP contribution in [0, 0.1) is 23.2 Å². The van der Waals surface area contributed by atoms with Gasteiger partial charge in [0.25, 0.3) is 11.8 Å². The van der Waals surface area contributed by atoms with Crippen LogP contribution in [-0.4, -0.2) is 86.7 Å². The SMILES string of the molecule is CCCC(NC(=O)C[C@H]1CC[C@@](C)(O)[C@H]1CNC(=O)[C@@H](NC(=O)[C@H](NC(=O)c1cnccn1)C(C)C)C(C)(C)C)C(=O)C(=O)NC1CC1. The second-order valence-corrected chi connectivity index (χ2v) is 14.8. The minimum absolute atomic E-state index is 0.00934. The van der Waals surface area contributed by atoms with E-state index in [1.807, 2.05) is 6.92 Å². The molecule has 1 heterocycles. The van der Waals surface area contributed by atoms with Crippen LogP contribution in [0.25, 0.3) is 0 Å². The minimum atomic E-state index is -1.17. The van der Waals surface area contributed by atoms with Gasteiger partial charge in [0.05, 0.1) is 17.8 Å². The molecule has 2 aliphatic carbocycles. The molecule has 6 atom stereocenters. The van der Waals surface area contributed by atoms with Crippen LogP contribution in [0.1, 0.15) is 104 Å². The summed E-state index contributed by atoms with van der Waals surface area (Å²) in [5, 5.41) is 25.0. The highest BCUT2D eigenvalue weighted by atomic mass is 16.3. The zero-order valence-electron chi connectivity index (χ0n) is 29.2. The monoisotopic (exact) mass is 671 g/mol. The van der Waals surface area contributed by atoms with E-state index >= 15 is 0 Å². The van der Waals surface area contributed by atoms with E-state index in [2.05, 4.69) is 36.6 Å². The van der Waals surface area contributed by atoms with Gasteiger partial charge in [-0.1, -0.05) is 48.0 Å². The zero-order chi connectivity index (χ0) is 35.8. The van der Waals surface area contributed by atoms with Crippen molar-refractivity contribution in [1.82, 2.24) is 36.6 Å². The van der Waals surface area contributed by atoms with Crippen LogP contribution in [0.4, 0.5) is 0 Å². The molecular formula is C34H53N7O7. The Morgan fingerprint density at radius 3 is 2.25 bits per heavy atom. The first-order chi connectivity index (χ1) is 22.4. The molecule has 5 amide bonds. The van der Waals surface area contributed by atoms with Crippen molar-refractivity contribution >= 4 is 35.3 Å².